The second-order valence-corrected chi connectivity index (χ2v) is 6.27. The number of oxazole rings is 1. The Morgan fingerprint density at radius 1 is 1.39 bits per heavy atom. The number of hydrogen-bond acceptors (Lipinski definition) is 5. The third kappa shape index (κ3) is 3.83. The number of H-pyrrole nitrogens is 1. The largest absolute Gasteiger partial charge is 0.417 e. The minimum Gasteiger partial charge on any atom is -0.408 e. The van der Waals surface area contributed by atoms with Crippen LogP contribution in [0.15, 0.2) is 27.4 Å². The van der Waals surface area contributed by atoms with E-state index in [1.807, 2.05) is 6.07 Å². The van der Waals surface area contributed by atoms with Gasteiger partial charge >= 0.3 is 5.76 Å². The topological polar surface area (TPSA) is 89.7 Å². The number of nitrogens with zero attached hydrogens (tertiary/aromatic N) is 1. The molecular weight excluding hydrogens is 296 g/mol. The Kier molecular flexibility index (Phi) is 5.15. The number of nitrogens with one attached hydrogen (secondary N) is 1. The molecule has 6 heteroatoms. The normalized spacial score (nSPS) is 20.9. The number of benzene rings is 1. The van der Waals surface area contributed by atoms with E-state index >= 15 is 0 Å². The zero-order chi connectivity index (χ0) is 16.2. The van der Waals surface area contributed by atoms with Gasteiger partial charge in [0.1, 0.15) is 0 Å². The Morgan fingerprint density at radius 2 is 2.26 bits per heavy atom. The molecule has 3 rings (SSSR count). The molecule has 1 fully saturated rings. The lowest BCUT2D eigenvalue weighted by Crippen LogP contribution is -2.41. The maximum atomic E-state index is 11.2. The minimum atomic E-state index is -0.587. The molecule has 1 aliphatic rings. The highest BCUT2D eigenvalue weighted by atomic mass is 16.4. The van der Waals surface area contributed by atoms with Crippen molar-refractivity contribution in [1.82, 2.24) is 9.88 Å². The molecule has 1 aromatic carbocycles. The third-order valence-corrected chi connectivity index (χ3v) is 4.73. The van der Waals surface area contributed by atoms with Crippen LogP contribution in [0, 0.1) is 0 Å². The number of piperidine rings is 1. The van der Waals surface area contributed by atoms with Gasteiger partial charge in [0, 0.05) is 19.2 Å². The minimum absolute atomic E-state index is 0.215. The van der Waals surface area contributed by atoms with Gasteiger partial charge in [0.2, 0.25) is 0 Å². The Labute approximate surface area is 134 Å². The Bertz CT molecular complexity index is 691. The molecule has 0 amide bonds. The van der Waals surface area contributed by atoms with Crippen molar-refractivity contribution in [3.8, 4) is 0 Å². The number of aliphatic hydroxyl groups is 2. The number of hydrogen-bond donors (Lipinski definition) is 3. The van der Waals surface area contributed by atoms with Crippen LogP contribution in [0.1, 0.15) is 43.8 Å². The van der Waals surface area contributed by atoms with Crippen molar-refractivity contribution < 1.29 is 14.6 Å². The Balaban J connectivity index is 1.62. The molecule has 2 atom stereocenters. The predicted molar refractivity (Wildman–Crippen MR) is 87.3 cm³/mol. The Hall–Kier alpha value is -1.63. The van der Waals surface area contributed by atoms with E-state index in [0.29, 0.717) is 23.6 Å². The molecule has 6 nitrogen and oxygen atoms in total. The van der Waals surface area contributed by atoms with Crippen molar-refractivity contribution in [2.75, 3.05) is 19.7 Å². The summed E-state index contributed by atoms with van der Waals surface area (Å²) in [4.78, 5) is 16.2. The maximum Gasteiger partial charge on any atom is 0.417 e. The first kappa shape index (κ1) is 16.2. The van der Waals surface area contributed by atoms with Crippen LogP contribution < -0.4 is 5.76 Å². The first-order valence-electron chi connectivity index (χ1n) is 8.33. The standard InChI is InChI=1S/C17H24N2O4/c20-10-7-13-3-1-2-8-19(13)9-6-15(21)12-4-5-14-16(11-12)23-17(22)18-14/h4-5,11,13,15,20-21H,1-3,6-10H2,(H,18,22). The van der Waals surface area contributed by atoms with Gasteiger partial charge in [-0.2, -0.15) is 0 Å². The molecule has 3 N–H and O–H groups in total. The fraction of sp³-hybridized carbons (Fsp3) is 0.588. The molecule has 2 heterocycles. The van der Waals surface area contributed by atoms with Gasteiger partial charge < -0.3 is 19.5 Å². The van der Waals surface area contributed by atoms with E-state index in [1.165, 1.54) is 12.8 Å². The van der Waals surface area contributed by atoms with E-state index in [4.69, 9.17) is 4.42 Å². The van der Waals surface area contributed by atoms with Gasteiger partial charge in [0.05, 0.1) is 11.6 Å². The smallest absolute Gasteiger partial charge is 0.408 e. The lowest BCUT2D eigenvalue weighted by Gasteiger charge is -2.36. The summed E-state index contributed by atoms with van der Waals surface area (Å²) < 4.78 is 5.04. The molecule has 1 aromatic heterocycles. The highest BCUT2D eigenvalue weighted by Crippen LogP contribution is 2.24. The quantitative estimate of drug-likeness (QED) is 0.755. The summed E-state index contributed by atoms with van der Waals surface area (Å²) in [6.07, 6.45) is 4.36. The lowest BCUT2D eigenvalue weighted by molar-refractivity contribution is 0.0891. The van der Waals surface area contributed by atoms with E-state index in [1.54, 1.807) is 12.1 Å². The third-order valence-electron chi connectivity index (χ3n) is 4.73. The van der Waals surface area contributed by atoms with E-state index in [-0.39, 0.29) is 6.61 Å². The average molecular weight is 320 g/mol. The van der Waals surface area contributed by atoms with E-state index in [0.717, 1.165) is 31.5 Å². The molecule has 0 saturated carbocycles. The lowest BCUT2D eigenvalue weighted by atomic mass is 9.98. The van der Waals surface area contributed by atoms with Crippen molar-refractivity contribution in [1.29, 1.82) is 0 Å². The van der Waals surface area contributed by atoms with Crippen LogP contribution in [0.5, 0.6) is 0 Å². The molecule has 1 saturated heterocycles. The van der Waals surface area contributed by atoms with Gasteiger partial charge in [0.15, 0.2) is 5.58 Å². The predicted octanol–water partition coefficient (Wildman–Crippen LogP) is 1.78. The first-order valence-corrected chi connectivity index (χ1v) is 8.33. The number of aliphatic hydroxyl groups excluding tert-OH is 2. The molecular formula is C17H24N2O4. The summed E-state index contributed by atoms with van der Waals surface area (Å²) in [5.41, 5.74) is 1.88. The van der Waals surface area contributed by atoms with Gasteiger partial charge in [-0.1, -0.05) is 12.5 Å². The van der Waals surface area contributed by atoms with Gasteiger partial charge in [-0.05, 0) is 49.9 Å². The fourth-order valence-corrected chi connectivity index (χ4v) is 3.45. The van der Waals surface area contributed by atoms with E-state index in [9.17, 15) is 15.0 Å². The summed E-state index contributed by atoms with van der Waals surface area (Å²) in [7, 11) is 0. The molecule has 23 heavy (non-hydrogen) atoms. The van der Waals surface area contributed by atoms with Crippen molar-refractivity contribution in [3.63, 3.8) is 0 Å². The number of likely N-dealkylation sites (tertiary alicyclic amines) is 1. The summed E-state index contributed by atoms with van der Waals surface area (Å²) in [6, 6.07) is 5.72. The van der Waals surface area contributed by atoms with Crippen LogP contribution in [0.4, 0.5) is 0 Å². The van der Waals surface area contributed by atoms with Crippen LogP contribution in [0.2, 0.25) is 0 Å². The molecule has 0 spiro atoms. The zero-order valence-corrected chi connectivity index (χ0v) is 13.2. The van der Waals surface area contributed by atoms with Gasteiger partial charge in [0.25, 0.3) is 0 Å². The van der Waals surface area contributed by atoms with E-state index in [2.05, 4.69) is 9.88 Å². The number of aromatic amines is 1. The zero-order valence-electron chi connectivity index (χ0n) is 13.2. The van der Waals surface area contributed by atoms with Crippen molar-refractivity contribution in [3.05, 3.63) is 34.3 Å². The molecule has 2 unspecified atom stereocenters. The SMILES string of the molecule is O=c1[nH]c2ccc(C(O)CCN3CCCCC3CCO)cc2o1. The van der Waals surface area contributed by atoms with Crippen LogP contribution in [-0.2, 0) is 0 Å². The van der Waals surface area contributed by atoms with Crippen molar-refractivity contribution in [2.45, 2.75) is 44.2 Å². The molecule has 2 aromatic rings. The molecule has 0 bridgehead atoms. The molecule has 0 aliphatic carbocycles. The number of aromatic nitrogens is 1. The summed E-state index contributed by atoms with van der Waals surface area (Å²) in [5, 5.41) is 19.6. The van der Waals surface area contributed by atoms with Crippen molar-refractivity contribution >= 4 is 11.1 Å². The highest BCUT2D eigenvalue weighted by molar-refractivity contribution is 5.72. The fourth-order valence-electron chi connectivity index (χ4n) is 3.45. The molecule has 0 radical (unpaired) electrons. The number of fused-ring (bicyclic) bond motifs is 1. The average Bonchev–Trinajstić information content (AvgIpc) is 2.93. The maximum absolute atomic E-state index is 11.2. The highest BCUT2D eigenvalue weighted by Gasteiger charge is 2.22. The molecule has 126 valence electrons. The van der Waals surface area contributed by atoms with E-state index < -0.39 is 11.9 Å². The Morgan fingerprint density at radius 3 is 3.09 bits per heavy atom. The summed E-state index contributed by atoms with van der Waals surface area (Å²) >= 11 is 0. The van der Waals surface area contributed by atoms with Gasteiger partial charge in [-0.25, -0.2) is 4.79 Å². The van der Waals surface area contributed by atoms with Crippen LogP contribution in [0.3, 0.4) is 0 Å². The van der Waals surface area contributed by atoms with Gasteiger partial charge in [-0.15, -0.1) is 0 Å². The summed E-state index contributed by atoms with van der Waals surface area (Å²) in [5.74, 6) is -0.480. The second kappa shape index (κ2) is 7.29. The second-order valence-electron chi connectivity index (χ2n) is 6.27. The van der Waals surface area contributed by atoms with Crippen LogP contribution >= 0.6 is 0 Å². The van der Waals surface area contributed by atoms with Crippen LogP contribution in [0.25, 0.3) is 11.1 Å². The van der Waals surface area contributed by atoms with Crippen LogP contribution in [-0.4, -0.2) is 45.8 Å². The summed E-state index contributed by atoms with van der Waals surface area (Å²) in [6.45, 7) is 2.05. The van der Waals surface area contributed by atoms with Crippen molar-refractivity contribution in [2.24, 2.45) is 0 Å². The van der Waals surface area contributed by atoms with Gasteiger partial charge in [-0.3, -0.25) is 4.98 Å². The molecule has 1 aliphatic heterocycles. The monoisotopic (exact) mass is 320 g/mol. The first-order chi connectivity index (χ1) is 11.2. The number of rotatable bonds is 6.